The average molecular weight is 435 g/mol. The molecule has 0 spiro atoms. The van der Waals surface area contributed by atoms with Gasteiger partial charge in [-0.3, -0.25) is 0 Å². The molecule has 31 heavy (non-hydrogen) atoms. The molecule has 0 bridgehead atoms. The van der Waals surface area contributed by atoms with E-state index in [0.29, 0.717) is 12.4 Å². The Kier molecular flexibility index (Phi) is 8.68. The summed E-state index contributed by atoms with van der Waals surface area (Å²) in [5, 5.41) is 0. The van der Waals surface area contributed by atoms with E-state index in [-0.39, 0.29) is 36.4 Å². The summed E-state index contributed by atoms with van der Waals surface area (Å²) in [5.41, 5.74) is 1.81. The SMILES string of the molecule is CCCc1ccc(C2CCC(C(F)CCOc3ccc(OCC)c(F)c3)CC2)c(F)c1. The van der Waals surface area contributed by atoms with E-state index in [1.54, 1.807) is 19.1 Å². The van der Waals surface area contributed by atoms with E-state index >= 15 is 0 Å². The molecule has 0 heterocycles. The smallest absolute Gasteiger partial charge is 0.168 e. The fourth-order valence-corrected chi connectivity index (χ4v) is 4.51. The van der Waals surface area contributed by atoms with Crippen molar-refractivity contribution in [3.8, 4) is 11.5 Å². The van der Waals surface area contributed by atoms with Gasteiger partial charge in [-0.05, 0) is 80.2 Å². The largest absolute Gasteiger partial charge is 0.493 e. The number of hydrogen-bond acceptors (Lipinski definition) is 2. The third kappa shape index (κ3) is 6.41. The van der Waals surface area contributed by atoms with Gasteiger partial charge in [0.1, 0.15) is 17.7 Å². The minimum Gasteiger partial charge on any atom is -0.493 e. The van der Waals surface area contributed by atoms with Crippen LogP contribution in [0.25, 0.3) is 0 Å². The summed E-state index contributed by atoms with van der Waals surface area (Å²) in [5.74, 6) is 0.0958. The average Bonchev–Trinajstić information content (AvgIpc) is 2.76. The Morgan fingerprint density at radius 2 is 1.71 bits per heavy atom. The van der Waals surface area contributed by atoms with Crippen LogP contribution in [-0.4, -0.2) is 19.4 Å². The lowest BCUT2D eigenvalue weighted by atomic mass is 9.76. The second-order valence-corrected chi connectivity index (χ2v) is 8.40. The lowest BCUT2D eigenvalue weighted by Crippen LogP contribution is -2.24. The predicted molar refractivity (Wildman–Crippen MR) is 118 cm³/mol. The summed E-state index contributed by atoms with van der Waals surface area (Å²) in [6.45, 7) is 4.46. The van der Waals surface area contributed by atoms with Crippen molar-refractivity contribution >= 4 is 0 Å². The lowest BCUT2D eigenvalue weighted by Gasteiger charge is -2.31. The van der Waals surface area contributed by atoms with Gasteiger partial charge in [0, 0.05) is 12.5 Å². The molecular weight excluding hydrogens is 401 g/mol. The van der Waals surface area contributed by atoms with Gasteiger partial charge >= 0.3 is 0 Å². The first-order chi connectivity index (χ1) is 15.0. The fraction of sp³-hybridized carbons (Fsp3) is 0.538. The summed E-state index contributed by atoms with van der Waals surface area (Å²) in [6.07, 6.45) is 4.30. The van der Waals surface area contributed by atoms with Crippen molar-refractivity contribution in [2.75, 3.05) is 13.2 Å². The number of ether oxygens (including phenoxy) is 2. The summed E-state index contributed by atoms with van der Waals surface area (Å²) in [7, 11) is 0. The highest BCUT2D eigenvalue weighted by Gasteiger charge is 2.29. The third-order valence-electron chi connectivity index (χ3n) is 6.19. The second kappa shape index (κ2) is 11.4. The zero-order chi connectivity index (χ0) is 22.2. The first kappa shape index (κ1) is 23.5. The number of aryl methyl sites for hydroxylation is 1. The van der Waals surface area contributed by atoms with Crippen LogP contribution in [-0.2, 0) is 6.42 Å². The van der Waals surface area contributed by atoms with Gasteiger partial charge < -0.3 is 9.47 Å². The van der Waals surface area contributed by atoms with Crippen molar-refractivity contribution in [2.45, 2.75) is 70.9 Å². The van der Waals surface area contributed by atoms with Crippen LogP contribution in [0.3, 0.4) is 0 Å². The van der Waals surface area contributed by atoms with Gasteiger partial charge in [-0.25, -0.2) is 13.2 Å². The van der Waals surface area contributed by atoms with Gasteiger partial charge in [0.05, 0.1) is 13.2 Å². The van der Waals surface area contributed by atoms with Gasteiger partial charge in [0.15, 0.2) is 11.6 Å². The van der Waals surface area contributed by atoms with Crippen LogP contribution in [0.4, 0.5) is 13.2 Å². The van der Waals surface area contributed by atoms with E-state index < -0.39 is 12.0 Å². The maximum atomic E-state index is 14.7. The molecule has 5 heteroatoms. The number of alkyl halides is 1. The van der Waals surface area contributed by atoms with E-state index in [1.165, 1.54) is 12.1 Å². The quantitative estimate of drug-likeness (QED) is 0.388. The molecule has 2 aromatic rings. The van der Waals surface area contributed by atoms with Crippen LogP contribution in [0.1, 0.15) is 69.4 Å². The Morgan fingerprint density at radius 1 is 0.935 bits per heavy atom. The Labute approximate surface area is 183 Å². The predicted octanol–water partition coefficient (Wildman–Crippen LogP) is 7.40. The molecule has 3 rings (SSSR count). The minimum absolute atomic E-state index is 0.0284. The zero-order valence-corrected chi connectivity index (χ0v) is 18.5. The molecule has 0 radical (unpaired) electrons. The molecule has 2 aromatic carbocycles. The van der Waals surface area contributed by atoms with Gasteiger partial charge in [0.25, 0.3) is 0 Å². The first-order valence-electron chi connectivity index (χ1n) is 11.5. The van der Waals surface area contributed by atoms with Crippen LogP contribution < -0.4 is 9.47 Å². The monoisotopic (exact) mass is 434 g/mol. The van der Waals surface area contributed by atoms with Crippen LogP contribution in [0, 0.1) is 17.6 Å². The standard InChI is InChI=1S/C26H33F3O2/c1-3-5-18-6-12-22(24(28)16-18)19-7-9-20(10-8-19)23(27)14-15-31-21-11-13-26(30-4-2)25(29)17-21/h6,11-13,16-17,19-20,23H,3-5,7-10,14-15H2,1-2H3. The third-order valence-corrected chi connectivity index (χ3v) is 6.19. The molecule has 0 saturated heterocycles. The zero-order valence-electron chi connectivity index (χ0n) is 18.5. The van der Waals surface area contributed by atoms with Crippen LogP contribution in [0.5, 0.6) is 11.5 Å². The molecule has 0 aliphatic heterocycles. The number of benzene rings is 2. The Morgan fingerprint density at radius 3 is 2.35 bits per heavy atom. The molecule has 1 aliphatic rings. The van der Waals surface area contributed by atoms with Crippen LogP contribution >= 0.6 is 0 Å². The Bertz CT molecular complexity index is 831. The van der Waals surface area contributed by atoms with Crippen LogP contribution in [0.15, 0.2) is 36.4 Å². The molecule has 1 unspecified atom stereocenters. The topological polar surface area (TPSA) is 18.5 Å². The van der Waals surface area contributed by atoms with E-state index in [0.717, 1.165) is 49.7 Å². The highest BCUT2D eigenvalue weighted by molar-refractivity contribution is 5.33. The molecular formula is C26H33F3O2. The number of hydrogen-bond donors (Lipinski definition) is 0. The summed E-state index contributed by atoms with van der Waals surface area (Å²) < 4.78 is 53.8. The lowest BCUT2D eigenvalue weighted by molar-refractivity contribution is 0.140. The molecule has 1 saturated carbocycles. The van der Waals surface area contributed by atoms with E-state index in [9.17, 15) is 13.2 Å². The maximum Gasteiger partial charge on any atom is 0.168 e. The summed E-state index contributed by atoms with van der Waals surface area (Å²) in [6, 6.07) is 10.0. The van der Waals surface area contributed by atoms with Crippen molar-refractivity contribution in [1.82, 2.24) is 0 Å². The molecule has 1 atom stereocenters. The van der Waals surface area contributed by atoms with Crippen molar-refractivity contribution in [3.63, 3.8) is 0 Å². The molecule has 0 N–H and O–H groups in total. The number of rotatable bonds is 10. The van der Waals surface area contributed by atoms with Gasteiger partial charge in [-0.15, -0.1) is 0 Å². The van der Waals surface area contributed by atoms with Crippen molar-refractivity contribution < 1.29 is 22.6 Å². The normalized spacial score (nSPS) is 19.8. The number of halogens is 3. The molecule has 1 aliphatic carbocycles. The van der Waals surface area contributed by atoms with Crippen molar-refractivity contribution in [1.29, 1.82) is 0 Å². The van der Waals surface area contributed by atoms with Gasteiger partial charge in [-0.2, -0.15) is 0 Å². The minimum atomic E-state index is -0.967. The van der Waals surface area contributed by atoms with Gasteiger partial charge in [-0.1, -0.05) is 25.5 Å². The van der Waals surface area contributed by atoms with Gasteiger partial charge in [0.2, 0.25) is 0 Å². The maximum absolute atomic E-state index is 14.7. The summed E-state index contributed by atoms with van der Waals surface area (Å²) in [4.78, 5) is 0. The molecule has 0 aromatic heterocycles. The highest BCUT2D eigenvalue weighted by atomic mass is 19.1. The summed E-state index contributed by atoms with van der Waals surface area (Å²) >= 11 is 0. The molecule has 1 fully saturated rings. The van der Waals surface area contributed by atoms with E-state index in [1.807, 2.05) is 12.1 Å². The molecule has 2 nitrogen and oxygen atoms in total. The first-order valence-corrected chi connectivity index (χ1v) is 11.5. The highest BCUT2D eigenvalue weighted by Crippen LogP contribution is 2.39. The van der Waals surface area contributed by atoms with E-state index in [4.69, 9.17) is 9.47 Å². The second-order valence-electron chi connectivity index (χ2n) is 8.40. The van der Waals surface area contributed by atoms with Crippen molar-refractivity contribution in [3.05, 3.63) is 59.2 Å². The van der Waals surface area contributed by atoms with Crippen molar-refractivity contribution in [2.24, 2.45) is 5.92 Å². The molecule has 0 amide bonds. The van der Waals surface area contributed by atoms with E-state index in [2.05, 4.69) is 6.92 Å². The van der Waals surface area contributed by atoms with Crippen LogP contribution in [0.2, 0.25) is 0 Å². The fourth-order valence-electron chi connectivity index (χ4n) is 4.51. The molecule has 170 valence electrons. The Balaban J connectivity index is 1.44. The Hall–Kier alpha value is -2.17.